The fraction of sp³-hybridized carbons (Fsp3) is 1.00. The smallest absolute Gasteiger partial charge is 0.208 e. The van der Waals surface area contributed by atoms with Gasteiger partial charge in [0, 0.05) is 23.7 Å². The maximum absolute atomic E-state index is 10.3. The third-order valence-corrected chi connectivity index (χ3v) is 2.15. The lowest BCUT2D eigenvalue weighted by Gasteiger charge is -1.94. The largest absolute Gasteiger partial charge is 0.330 e. The van der Waals surface area contributed by atoms with Gasteiger partial charge in [0.2, 0.25) is 10.0 Å². The van der Waals surface area contributed by atoms with E-state index >= 15 is 0 Å². The summed E-state index contributed by atoms with van der Waals surface area (Å²) in [5.74, 6) is 0. The molecular weight excluding hydrogens is 392 g/mol. The van der Waals surface area contributed by atoms with Gasteiger partial charge in [-0.15, -0.1) is 17.0 Å². The van der Waals surface area contributed by atoms with Gasteiger partial charge >= 0.3 is 0 Å². The molecule has 0 aliphatic rings. The first-order valence-corrected chi connectivity index (χ1v) is 7.38. The van der Waals surface area contributed by atoms with Gasteiger partial charge in [-0.25, -0.2) is 13.1 Å². The first-order valence-electron chi connectivity index (χ1n) is 3.24. The van der Waals surface area contributed by atoms with E-state index in [1.807, 2.05) is 0 Å². The van der Waals surface area contributed by atoms with Crippen LogP contribution in [0.4, 0.5) is 0 Å². The molecule has 84 valence electrons. The number of nitrogens with one attached hydrogen (secondary N) is 1. The van der Waals surface area contributed by atoms with Crippen molar-refractivity contribution in [2.75, 3.05) is 30.0 Å². The molecule has 0 radical (unpaired) electrons. The minimum absolute atomic E-state index is 0. The van der Waals surface area contributed by atoms with Gasteiger partial charge in [0.05, 0.1) is 6.26 Å². The van der Waals surface area contributed by atoms with Gasteiger partial charge in [-0.05, 0) is 0 Å². The van der Waals surface area contributed by atoms with E-state index in [-0.39, 0.29) is 17.0 Å². The molecule has 8 heteroatoms. The Bertz CT molecular complexity index is 173. The van der Waals surface area contributed by atoms with Crippen LogP contribution in [-0.4, -0.2) is 38.4 Å². The number of hydrogen-bond acceptors (Lipinski definition) is 3. The van der Waals surface area contributed by atoms with Gasteiger partial charge in [0.25, 0.3) is 0 Å². The summed E-state index contributed by atoms with van der Waals surface area (Å²) in [6, 6.07) is 0. The van der Waals surface area contributed by atoms with Crippen molar-refractivity contribution in [3.63, 3.8) is 0 Å². The number of nitrogens with two attached hydrogens (primary N) is 1. The predicted molar refractivity (Wildman–Crippen MR) is 69.8 cm³/mol. The summed E-state index contributed by atoms with van der Waals surface area (Å²) >= 11 is 6.20. The first kappa shape index (κ1) is 19.8. The Kier molecular flexibility index (Phi) is 20.3. The van der Waals surface area contributed by atoms with E-state index in [2.05, 4.69) is 36.6 Å². The minimum atomic E-state index is -2.97. The van der Waals surface area contributed by atoms with Crippen LogP contribution in [0.2, 0.25) is 0 Å². The van der Waals surface area contributed by atoms with Crippen molar-refractivity contribution >= 4 is 58.9 Å². The van der Waals surface area contributed by atoms with E-state index in [1.165, 1.54) is 0 Å². The van der Waals surface area contributed by atoms with Gasteiger partial charge in [0.15, 0.2) is 0 Å². The molecule has 0 aliphatic heterocycles. The zero-order valence-electron chi connectivity index (χ0n) is 7.29. The van der Waals surface area contributed by atoms with Crippen LogP contribution in [0.1, 0.15) is 0 Å². The molecule has 0 atom stereocenters. The second kappa shape index (κ2) is 13.3. The Morgan fingerprint density at radius 2 is 1.69 bits per heavy atom. The Labute approximate surface area is 107 Å². The highest BCUT2D eigenvalue weighted by Crippen LogP contribution is 1.77. The molecule has 0 aromatic rings. The lowest BCUT2D eigenvalue weighted by molar-refractivity contribution is 0.590. The quantitative estimate of drug-likeness (QED) is 0.680. The van der Waals surface area contributed by atoms with Crippen LogP contribution in [0.5, 0.6) is 0 Å². The third kappa shape index (κ3) is 31.9. The summed E-state index contributed by atoms with van der Waals surface area (Å²) in [5.41, 5.74) is 4.98. The highest BCUT2D eigenvalue weighted by Gasteiger charge is 1.95. The van der Waals surface area contributed by atoms with Crippen LogP contribution in [0.3, 0.4) is 0 Å². The van der Waals surface area contributed by atoms with Crippen LogP contribution in [0, 0.1) is 0 Å². The molecule has 0 aromatic carbocycles. The van der Waals surface area contributed by atoms with Crippen molar-refractivity contribution in [1.29, 1.82) is 0 Å². The molecule has 4 nitrogen and oxygen atoms in total. The molecule has 0 spiro atoms. The van der Waals surface area contributed by atoms with Gasteiger partial charge in [0.1, 0.15) is 0 Å². The van der Waals surface area contributed by atoms with Gasteiger partial charge < -0.3 is 5.73 Å². The second-order valence-electron chi connectivity index (χ2n) is 1.83. The van der Waals surface area contributed by atoms with Gasteiger partial charge in [-0.1, -0.05) is 31.9 Å². The molecule has 0 saturated carbocycles. The highest BCUT2D eigenvalue weighted by atomic mass is 79.9. The van der Waals surface area contributed by atoms with Crippen molar-refractivity contribution in [2.45, 2.75) is 0 Å². The molecule has 0 heterocycles. The van der Waals surface area contributed by atoms with Gasteiger partial charge in [-0.2, -0.15) is 0 Å². The maximum atomic E-state index is 10.3. The zero-order valence-corrected chi connectivity index (χ0v) is 13.0. The molecule has 0 amide bonds. The monoisotopic (exact) mass is 404 g/mol. The Balaban J connectivity index is -0.000000173. The Morgan fingerprint density at radius 3 is 1.77 bits per heavy atom. The van der Waals surface area contributed by atoms with E-state index < -0.39 is 10.0 Å². The number of alkyl halides is 2. The first-order chi connectivity index (χ1) is 5.47. The van der Waals surface area contributed by atoms with E-state index in [4.69, 9.17) is 5.73 Å². The molecule has 0 rings (SSSR count). The third-order valence-electron chi connectivity index (χ3n) is 0.568. The van der Waals surface area contributed by atoms with Crippen molar-refractivity contribution in [1.82, 2.24) is 4.72 Å². The van der Waals surface area contributed by atoms with E-state index in [1.54, 1.807) is 0 Å². The fourth-order valence-electron chi connectivity index (χ4n) is 0.224. The average molecular weight is 407 g/mol. The molecule has 0 fully saturated rings. The molecule has 0 saturated heterocycles. The van der Waals surface area contributed by atoms with Gasteiger partial charge in [-0.3, -0.25) is 0 Å². The molecule has 13 heavy (non-hydrogen) atoms. The topological polar surface area (TPSA) is 72.2 Å². The summed E-state index contributed by atoms with van der Waals surface area (Å²) in [5, 5.41) is 1.56. The van der Waals surface area contributed by atoms with E-state index in [0.717, 1.165) is 18.1 Å². The minimum Gasteiger partial charge on any atom is -0.330 e. The standard InChI is InChI=1S/C3H8BrNO2S.C2H6BrN.BrH/c1-8(6,7)5-3-2-4;3-1-2-4;/h5H,2-3H2,1H3;1-2,4H2;1H. The molecule has 0 unspecified atom stereocenters. The summed E-state index contributed by atoms with van der Waals surface area (Å²) in [7, 11) is -2.97. The summed E-state index contributed by atoms with van der Waals surface area (Å²) in [6.07, 6.45) is 1.13. The van der Waals surface area contributed by atoms with Crippen LogP contribution in [-0.2, 0) is 10.0 Å². The van der Waals surface area contributed by atoms with Crippen LogP contribution < -0.4 is 10.5 Å². The lowest BCUT2D eigenvalue weighted by atomic mass is 10.8. The molecule has 0 bridgehead atoms. The Morgan fingerprint density at radius 1 is 1.31 bits per heavy atom. The molecule has 0 aliphatic carbocycles. The summed E-state index contributed by atoms with van der Waals surface area (Å²) < 4.78 is 22.8. The lowest BCUT2D eigenvalue weighted by Crippen LogP contribution is -2.23. The van der Waals surface area contributed by atoms with Crippen LogP contribution in [0.15, 0.2) is 0 Å². The average Bonchev–Trinajstić information content (AvgIpc) is 2.00. The maximum Gasteiger partial charge on any atom is 0.208 e. The summed E-state index contributed by atoms with van der Waals surface area (Å²) in [4.78, 5) is 0. The molecular formula is C5H15Br3N2O2S. The summed E-state index contributed by atoms with van der Waals surface area (Å²) in [6.45, 7) is 1.19. The zero-order chi connectivity index (χ0) is 10.0. The van der Waals surface area contributed by atoms with Crippen molar-refractivity contribution in [3.8, 4) is 0 Å². The van der Waals surface area contributed by atoms with E-state index in [0.29, 0.717) is 11.9 Å². The number of rotatable bonds is 4. The number of sulfonamides is 1. The predicted octanol–water partition coefficient (Wildman–Crippen LogP) is 0.848. The van der Waals surface area contributed by atoms with Crippen molar-refractivity contribution in [3.05, 3.63) is 0 Å². The normalized spacial score (nSPS) is 9.54. The molecule has 3 N–H and O–H groups in total. The number of hydrogen-bond donors (Lipinski definition) is 2. The fourth-order valence-corrected chi connectivity index (χ4v) is 1.16. The second-order valence-corrected chi connectivity index (χ2v) is 5.25. The SMILES string of the molecule is Br.CS(=O)(=O)NCCBr.NCCBr. The number of halogens is 3. The highest BCUT2D eigenvalue weighted by molar-refractivity contribution is 9.09. The van der Waals surface area contributed by atoms with E-state index in [9.17, 15) is 8.42 Å². The molecule has 0 aromatic heterocycles. The van der Waals surface area contributed by atoms with Crippen molar-refractivity contribution < 1.29 is 8.42 Å². The Hall–Kier alpha value is 1.31. The van der Waals surface area contributed by atoms with Crippen LogP contribution >= 0.6 is 48.8 Å². The van der Waals surface area contributed by atoms with Crippen molar-refractivity contribution in [2.24, 2.45) is 5.73 Å². The van der Waals surface area contributed by atoms with Crippen LogP contribution in [0.25, 0.3) is 0 Å².